The van der Waals surface area contributed by atoms with Gasteiger partial charge < -0.3 is 9.64 Å². The Hall–Kier alpha value is -0.570. The molecule has 1 heterocycles. The zero-order chi connectivity index (χ0) is 10.1. The maximum atomic E-state index is 11.9. The summed E-state index contributed by atoms with van der Waals surface area (Å²) in [7, 11) is 1.91. The highest BCUT2D eigenvalue weighted by Crippen LogP contribution is 2.35. The largest absolute Gasteiger partial charge is 0.368 e. The molecular weight excluding hydrogens is 178 g/mol. The van der Waals surface area contributed by atoms with Crippen molar-refractivity contribution in [2.45, 2.75) is 44.8 Å². The molecule has 2 unspecified atom stereocenters. The van der Waals surface area contributed by atoms with Crippen molar-refractivity contribution in [1.29, 1.82) is 0 Å². The molecule has 1 aliphatic carbocycles. The molecule has 0 N–H and O–H groups in total. The maximum Gasteiger partial charge on any atom is 0.251 e. The lowest BCUT2D eigenvalue weighted by Crippen LogP contribution is -2.42. The molecule has 1 saturated carbocycles. The Balaban J connectivity index is 1.88. The van der Waals surface area contributed by atoms with E-state index in [9.17, 15) is 4.79 Å². The second-order valence-corrected chi connectivity index (χ2v) is 4.53. The molecule has 0 bridgehead atoms. The Morgan fingerprint density at radius 2 is 2.14 bits per heavy atom. The fraction of sp³-hybridized carbons (Fsp3) is 0.909. The normalized spacial score (nSPS) is 28.9. The lowest BCUT2D eigenvalue weighted by Gasteiger charge is -2.27. The molecule has 0 aromatic carbocycles. The van der Waals surface area contributed by atoms with Crippen LogP contribution in [0.3, 0.4) is 0 Å². The minimum Gasteiger partial charge on any atom is -0.368 e. The molecule has 3 heteroatoms. The van der Waals surface area contributed by atoms with Gasteiger partial charge in [0.2, 0.25) is 0 Å². The van der Waals surface area contributed by atoms with Gasteiger partial charge in [0.25, 0.3) is 5.91 Å². The van der Waals surface area contributed by atoms with Gasteiger partial charge in [-0.15, -0.1) is 0 Å². The molecule has 14 heavy (non-hydrogen) atoms. The summed E-state index contributed by atoms with van der Waals surface area (Å²) in [4.78, 5) is 13.8. The van der Waals surface area contributed by atoms with Gasteiger partial charge >= 0.3 is 0 Å². The molecule has 2 atom stereocenters. The topological polar surface area (TPSA) is 29.5 Å². The minimum absolute atomic E-state index is 0.152. The van der Waals surface area contributed by atoms with Crippen LogP contribution in [0.25, 0.3) is 0 Å². The van der Waals surface area contributed by atoms with Gasteiger partial charge in [0.1, 0.15) is 6.10 Å². The van der Waals surface area contributed by atoms with Gasteiger partial charge in [0.05, 0.1) is 0 Å². The van der Waals surface area contributed by atoms with Crippen molar-refractivity contribution >= 4 is 5.91 Å². The highest BCUT2D eigenvalue weighted by molar-refractivity contribution is 5.81. The van der Waals surface area contributed by atoms with Gasteiger partial charge in [-0.1, -0.05) is 0 Å². The van der Waals surface area contributed by atoms with Crippen molar-refractivity contribution in [1.82, 2.24) is 4.90 Å². The smallest absolute Gasteiger partial charge is 0.251 e. The molecule has 1 aliphatic heterocycles. The summed E-state index contributed by atoms with van der Waals surface area (Å²) in [5, 5.41) is 0. The van der Waals surface area contributed by atoms with Crippen LogP contribution >= 0.6 is 0 Å². The van der Waals surface area contributed by atoms with E-state index in [1.807, 2.05) is 11.9 Å². The van der Waals surface area contributed by atoms with Crippen LogP contribution in [0.1, 0.15) is 32.6 Å². The summed E-state index contributed by atoms with van der Waals surface area (Å²) < 4.78 is 5.39. The van der Waals surface area contributed by atoms with Crippen LogP contribution < -0.4 is 0 Å². The second kappa shape index (κ2) is 3.89. The molecule has 0 radical (unpaired) electrons. The number of hydrogen-bond donors (Lipinski definition) is 0. The van der Waals surface area contributed by atoms with Crippen molar-refractivity contribution < 1.29 is 9.53 Å². The summed E-state index contributed by atoms with van der Waals surface area (Å²) in [5.74, 6) is 0.923. The van der Waals surface area contributed by atoms with E-state index in [-0.39, 0.29) is 12.0 Å². The number of rotatable bonds is 3. The van der Waals surface area contributed by atoms with Crippen LogP contribution in [0, 0.1) is 5.92 Å². The minimum atomic E-state index is -0.152. The third kappa shape index (κ3) is 1.92. The van der Waals surface area contributed by atoms with Crippen LogP contribution in [0.2, 0.25) is 0 Å². The molecule has 2 aliphatic rings. The van der Waals surface area contributed by atoms with Crippen molar-refractivity contribution in [3.05, 3.63) is 0 Å². The SMILES string of the molecule is CC(C1CC1)N(C)C(=O)C1CCCO1. The highest BCUT2D eigenvalue weighted by Gasteiger charge is 2.35. The Morgan fingerprint density at radius 3 is 2.64 bits per heavy atom. The molecule has 0 aromatic rings. The summed E-state index contributed by atoms with van der Waals surface area (Å²) in [6, 6.07) is 0.395. The van der Waals surface area contributed by atoms with E-state index in [1.165, 1.54) is 12.8 Å². The van der Waals surface area contributed by atoms with E-state index < -0.39 is 0 Å². The Kier molecular flexibility index (Phi) is 2.77. The van der Waals surface area contributed by atoms with E-state index in [0.29, 0.717) is 6.04 Å². The molecule has 80 valence electrons. The third-order valence-electron chi connectivity index (χ3n) is 3.47. The number of carbonyl (C=O) groups excluding carboxylic acids is 1. The third-order valence-corrected chi connectivity index (χ3v) is 3.47. The van der Waals surface area contributed by atoms with Gasteiger partial charge in [-0.2, -0.15) is 0 Å². The van der Waals surface area contributed by atoms with Crippen LogP contribution in [0.15, 0.2) is 0 Å². The predicted octanol–water partition coefficient (Wildman–Crippen LogP) is 1.42. The lowest BCUT2D eigenvalue weighted by molar-refractivity contribution is -0.141. The van der Waals surface area contributed by atoms with E-state index in [4.69, 9.17) is 4.74 Å². The Bertz CT molecular complexity index is 219. The average molecular weight is 197 g/mol. The Labute approximate surface area is 85.4 Å². The van der Waals surface area contributed by atoms with Crippen molar-refractivity contribution in [3.8, 4) is 0 Å². The molecule has 2 fully saturated rings. The van der Waals surface area contributed by atoms with Crippen LogP contribution in [-0.2, 0) is 9.53 Å². The number of amides is 1. The van der Waals surface area contributed by atoms with Gasteiger partial charge in [-0.05, 0) is 38.5 Å². The summed E-state index contributed by atoms with van der Waals surface area (Å²) in [5.41, 5.74) is 0. The zero-order valence-electron chi connectivity index (χ0n) is 9.03. The average Bonchev–Trinajstić information content (AvgIpc) is 2.90. The first-order chi connectivity index (χ1) is 6.70. The number of hydrogen-bond acceptors (Lipinski definition) is 2. The summed E-state index contributed by atoms with van der Waals surface area (Å²) in [6.45, 7) is 2.90. The molecule has 0 aromatic heterocycles. The lowest BCUT2D eigenvalue weighted by atomic mass is 10.1. The maximum absolute atomic E-state index is 11.9. The van der Waals surface area contributed by atoms with Crippen LogP contribution in [-0.4, -0.2) is 36.6 Å². The summed E-state index contributed by atoms with van der Waals surface area (Å²) in [6.07, 6.45) is 4.35. The molecular formula is C11H19NO2. The van der Waals surface area contributed by atoms with Crippen LogP contribution in [0.4, 0.5) is 0 Å². The van der Waals surface area contributed by atoms with E-state index in [2.05, 4.69) is 6.92 Å². The van der Waals surface area contributed by atoms with E-state index >= 15 is 0 Å². The molecule has 0 spiro atoms. The fourth-order valence-corrected chi connectivity index (χ4v) is 2.10. The van der Waals surface area contributed by atoms with Gasteiger partial charge in [-0.25, -0.2) is 0 Å². The molecule has 1 amide bonds. The first kappa shape index (κ1) is 9.97. The quantitative estimate of drug-likeness (QED) is 0.685. The van der Waals surface area contributed by atoms with Crippen molar-refractivity contribution in [3.63, 3.8) is 0 Å². The zero-order valence-corrected chi connectivity index (χ0v) is 9.03. The van der Waals surface area contributed by atoms with E-state index in [0.717, 1.165) is 25.4 Å². The van der Waals surface area contributed by atoms with Crippen molar-refractivity contribution in [2.24, 2.45) is 5.92 Å². The number of likely N-dealkylation sites (N-methyl/N-ethyl adjacent to an activating group) is 1. The molecule has 2 rings (SSSR count). The van der Waals surface area contributed by atoms with Gasteiger partial charge in [0, 0.05) is 19.7 Å². The summed E-state index contributed by atoms with van der Waals surface area (Å²) >= 11 is 0. The number of ether oxygens (including phenoxy) is 1. The standard InChI is InChI=1S/C11H19NO2/c1-8(9-5-6-9)12(2)11(13)10-4-3-7-14-10/h8-10H,3-7H2,1-2H3. The van der Waals surface area contributed by atoms with Crippen LogP contribution in [0.5, 0.6) is 0 Å². The van der Waals surface area contributed by atoms with Crippen molar-refractivity contribution in [2.75, 3.05) is 13.7 Å². The number of carbonyl (C=O) groups is 1. The fourth-order valence-electron chi connectivity index (χ4n) is 2.10. The van der Waals surface area contributed by atoms with E-state index in [1.54, 1.807) is 0 Å². The van der Waals surface area contributed by atoms with Gasteiger partial charge in [-0.3, -0.25) is 4.79 Å². The van der Waals surface area contributed by atoms with Gasteiger partial charge in [0.15, 0.2) is 0 Å². The first-order valence-corrected chi connectivity index (χ1v) is 5.58. The first-order valence-electron chi connectivity index (χ1n) is 5.58. The Morgan fingerprint density at radius 1 is 1.43 bits per heavy atom. The predicted molar refractivity (Wildman–Crippen MR) is 53.9 cm³/mol. The number of nitrogens with zero attached hydrogens (tertiary/aromatic N) is 1. The molecule has 1 saturated heterocycles. The molecule has 3 nitrogen and oxygen atoms in total. The monoisotopic (exact) mass is 197 g/mol. The second-order valence-electron chi connectivity index (χ2n) is 4.53. The highest BCUT2D eigenvalue weighted by atomic mass is 16.5.